The maximum Gasteiger partial charge on any atom is 0.127 e. The molecule has 0 heterocycles. The summed E-state index contributed by atoms with van der Waals surface area (Å²) in [4.78, 5) is 1.98. The molecule has 0 aliphatic carbocycles. The summed E-state index contributed by atoms with van der Waals surface area (Å²) in [6, 6.07) is 5.25. The van der Waals surface area contributed by atoms with Gasteiger partial charge in [0, 0.05) is 11.7 Å². The summed E-state index contributed by atoms with van der Waals surface area (Å²) < 4.78 is 13.3. The highest BCUT2D eigenvalue weighted by Crippen LogP contribution is 2.24. The van der Waals surface area contributed by atoms with Crippen LogP contribution in [-0.4, -0.2) is 17.4 Å². The lowest BCUT2D eigenvalue weighted by molar-refractivity contribution is 0.148. The molecule has 0 radical (unpaired) electrons. The molecule has 0 aromatic heterocycles. The predicted octanol–water partition coefficient (Wildman–Crippen LogP) is 3.86. The van der Waals surface area contributed by atoms with Gasteiger partial charge in [-0.05, 0) is 50.5 Å². The number of hydrogen-bond donors (Lipinski definition) is 1. The van der Waals surface area contributed by atoms with Crippen LogP contribution in [0.1, 0.15) is 45.6 Å². The van der Waals surface area contributed by atoms with Crippen LogP contribution in [0, 0.1) is 12.7 Å². The van der Waals surface area contributed by atoms with Gasteiger partial charge in [0.1, 0.15) is 12.0 Å². The second-order valence-corrected chi connectivity index (χ2v) is 4.87. The number of aliphatic hydroxyl groups is 1. The molecule has 2 nitrogen and oxygen atoms in total. The molecule has 0 amide bonds. The third-order valence-corrected chi connectivity index (χ3v) is 3.37. The average Bonchev–Trinajstić information content (AvgIpc) is 2.34. The summed E-state index contributed by atoms with van der Waals surface area (Å²) in [5, 5.41) is 10.3. The third-order valence-electron chi connectivity index (χ3n) is 3.37. The predicted molar refractivity (Wildman–Crippen MR) is 74.3 cm³/mol. The molecule has 0 aliphatic heterocycles. The van der Waals surface area contributed by atoms with Crippen molar-refractivity contribution in [1.29, 1.82) is 0 Å². The van der Waals surface area contributed by atoms with Crippen molar-refractivity contribution in [2.75, 3.05) is 4.90 Å². The van der Waals surface area contributed by atoms with Crippen LogP contribution in [-0.2, 0) is 0 Å². The Bertz CT molecular complexity index is 381. The van der Waals surface area contributed by atoms with Crippen LogP contribution in [0.2, 0.25) is 0 Å². The van der Waals surface area contributed by atoms with Crippen LogP contribution in [0.25, 0.3) is 0 Å². The van der Waals surface area contributed by atoms with Crippen LogP contribution in [0.15, 0.2) is 18.2 Å². The van der Waals surface area contributed by atoms with Crippen LogP contribution in [0.3, 0.4) is 0 Å². The molecule has 1 N–H and O–H groups in total. The van der Waals surface area contributed by atoms with Crippen LogP contribution >= 0.6 is 0 Å². The number of aliphatic hydroxyl groups excluding tert-OH is 1. The van der Waals surface area contributed by atoms with Gasteiger partial charge in [-0.3, -0.25) is 0 Å². The first-order valence-corrected chi connectivity index (χ1v) is 6.73. The van der Waals surface area contributed by atoms with Crippen LogP contribution < -0.4 is 4.90 Å². The fraction of sp³-hybridized carbons (Fsp3) is 0.600. The lowest BCUT2D eigenvalue weighted by atomic mass is 10.1. The minimum atomic E-state index is -0.505. The standard InChI is InChI=1S/C15H24FNO/c1-5-7-15(18)17(12(4)6-2)13-8-9-14(16)11(3)10-13/h8-10,12,15,18H,5-7H2,1-4H3. The fourth-order valence-electron chi connectivity index (χ4n) is 2.10. The van der Waals surface area contributed by atoms with E-state index >= 15 is 0 Å². The molecule has 0 saturated carbocycles. The monoisotopic (exact) mass is 253 g/mol. The Morgan fingerprint density at radius 1 is 1.33 bits per heavy atom. The smallest absolute Gasteiger partial charge is 0.127 e. The number of aryl methyl sites for hydroxylation is 1. The van der Waals surface area contributed by atoms with Gasteiger partial charge in [0.25, 0.3) is 0 Å². The van der Waals surface area contributed by atoms with Crippen LogP contribution in [0.5, 0.6) is 0 Å². The molecular formula is C15H24FNO. The molecule has 1 aromatic rings. The second kappa shape index (κ2) is 6.74. The summed E-state index contributed by atoms with van der Waals surface area (Å²) in [7, 11) is 0. The van der Waals surface area contributed by atoms with E-state index in [2.05, 4.69) is 13.8 Å². The maximum absolute atomic E-state index is 13.3. The minimum absolute atomic E-state index is 0.201. The Labute approximate surface area is 109 Å². The molecule has 0 bridgehead atoms. The Balaban J connectivity index is 3.04. The van der Waals surface area contributed by atoms with Gasteiger partial charge in [-0.1, -0.05) is 20.3 Å². The van der Waals surface area contributed by atoms with E-state index in [0.29, 0.717) is 5.56 Å². The third kappa shape index (κ3) is 3.45. The van der Waals surface area contributed by atoms with Gasteiger partial charge >= 0.3 is 0 Å². The van der Waals surface area contributed by atoms with Crippen molar-refractivity contribution in [2.45, 2.75) is 59.2 Å². The fourth-order valence-corrected chi connectivity index (χ4v) is 2.10. The van der Waals surface area contributed by atoms with Gasteiger partial charge in [0.15, 0.2) is 0 Å². The lowest BCUT2D eigenvalue weighted by Crippen LogP contribution is -2.41. The number of halogens is 1. The van der Waals surface area contributed by atoms with Crippen molar-refractivity contribution < 1.29 is 9.50 Å². The van der Waals surface area contributed by atoms with Crippen molar-refractivity contribution in [1.82, 2.24) is 0 Å². The summed E-state index contributed by atoms with van der Waals surface area (Å²) in [5.41, 5.74) is 1.51. The van der Waals surface area contributed by atoms with E-state index in [9.17, 15) is 9.50 Å². The molecule has 2 atom stereocenters. The Morgan fingerprint density at radius 3 is 2.50 bits per heavy atom. The van der Waals surface area contributed by atoms with Gasteiger partial charge in [0.2, 0.25) is 0 Å². The minimum Gasteiger partial charge on any atom is -0.374 e. The number of rotatable bonds is 6. The van der Waals surface area contributed by atoms with Gasteiger partial charge < -0.3 is 10.0 Å². The van der Waals surface area contributed by atoms with E-state index in [4.69, 9.17) is 0 Å². The van der Waals surface area contributed by atoms with Crippen molar-refractivity contribution in [3.63, 3.8) is 0 Å². The first-order chi connectivity index (χ1) is 8.51. The van der Waals surface area contributed by atoms with E-state index in [1.165, 1.54) is 6.07 Å². The second-order valence-electron chi connectivity index (χ2n) is 4.87. The Morgan fingerprint density at radius 2 is 2.00 bits per heavy atom. The van der Waals surface area contributed by atoms with Crippen LogP contribution in [0.4, 0.5) is 10.1 Å². The lowest BCUT2D eigenvalue weighted by Gasteiger charge is -2.35. The summed E-state index contributed by atoms with van der Waals surface area (Å²) in [6.07, 6.45) is 2.08. The highest BCUT2D eigenvalue weighted by atomic mass is 19.1. The van der Waals surface area contributed by atoms with Crippen molar-refractivity contribution >= 4 is 5.69 Å². The molecule has 0 aliphatic rings. The van der Waals surface area contributed by atoms with Gasteiger partial charge in [-0.15, -0.1) is 0 Å². The molecule has 18 heavy (non-hydrogen) atoms. The first-order valence-electron chi connectivity index (χ1n) is 6.73. The normalized spacial score (nSPS) is 14.3. The first kappa shape index (κ1) is 15.0. The molecule has 102 valence electrons. The molecule has 0 fully saturated rings. The quantitative estimate of drug-likeness (QED) is 0.778. The molecule has 1 rings (SSSR count). The Hall–Kier alpha value is -1.09. The zero-order valence-electron chi connectivity index (χ0n) is 11.8. The summed E-state index contributed by atoms with van der Waals surface area (Å²) >= 11 is 0. The number of benzene rings is 1. The highest BCUT2D eigenvalue weighted by molar-refractivity contribution is 5.50. The largest absolute Gasteiger partial charge is 0.374 e. The van der Waals surface area contributed by atoms with E-state index in [1.807, 2.05) is 11.8 Å². The SMILES string of the molecule is CCCC(O)N(c1ccc(F)c(C)c1)C(C)CC. The maximum atomic E-state index is 13.3. The number of nitrogens with zero attached hydrogens (tertiary/aromatic N) is 1. The Kier molecular flexibility index (Phi) is 5.60. The van der Waals surface area contributed by atoms with Crippen molar-refractivity contribution in [3.05, 3.63) is 29.6 Å². The van der Waals surface area contributed by atoms with Gasteiger partial charge in [0.05, 0.1) is 0 Å². The van der Waals surface area contributed by atoms with Crippen molar-refractivity contribution in [3.8, 4) is 0 Å². The average molecular weight is 253 g/mol. The number of anilines is 1. The number of hydrogen-bond acceptors (Lipinski definition) is 2. The zero-order valence-corrected chi connectivity index (χ0v) is 11.8. The van der Waals surface area contributed by atoms with E-state index < -0.39 is 6.23 Å². The van der Waals surface area contributed by atoms with Crippen molar-refractivity contribution in [2.24, 2.45) is 0 Å². The molecule has 0 spiro atoms. The highest BCUT2D eigenvalue weighted by Gasteiger charge is 2.20. The zero-order chi connectivity index (χ0) is 13.7. The van der Waals surface area contributed by atoms with Gasteiger partial charge in [-0.25, -0.2) is 4.39 Å². The van der Waals surface area contributed by atoms with E-state index in [1.54, 1.807) is 19.1 Å². The van der Waals surface area contributed by atoms with Gasteiger partial charge in [-0.2, -0.15) is 0 Å². The van der Waals surface area contributed by atoms with E-state index in [-0.39, 0.29) is 11.9 Å². The molecule has 0 saturated heterocycles. The summed E-state index contributed by atoms with van der Waals surface area (Å²) in [5.74, 6) is -0.201. The molecule has 1 aromatic carbocycles. The topological polar surface area (TPSA) is 23.5 Å². The molecule has 3 heteroatoms. The summed E-state index contributed by atoms with van der Waals surface area (Å²) in [6.45, 7) is 7.97. The molecule has 2 unspecified atom stereocenters. The van der Waals surface area contributed by atoms with E-state index in [0.717, 1.165) is 24.9 Å². The molecular weight excluding hydrogens is 229 g/mol.